The maximum Gasteiger partial charge on any atom is 0.225 e. The summed E-state index contributed by atoms with van der Waals surface area (Å²) in [6.07, 6.45) is 8.75. The summed E-state index contributed by atoms with van der Waals surface area (Å²) < 4.78 is 2.35. The first-order chi connectivity index (χ1) is 12.2. The normalized spacial score (nSPS) is 21.6. The molecule has 132 valence electrons. The fraction of sp³-hybridized carbons (Fsp3) is 0.524. The van der Waals surface area contributed by atoms with Crippen LogP contribution in [0.3, 0.4) is 0 Å². The first-order valence-corrected chi connectivity index (χ1v) is 9.62. The van der Waals surface area contributed by atoms with Crippen LogP contribution in [-0.4, -0.2) is 33.4 Å². The van der Waals surface area contributed by atoms with Crippen LogP contribution in [0, 0.1) is 12.8 Å². The number of rotatable bonds is 3. The lowest BCUT2D eigenvalue weighted by atomic mass is 10.0. The van der Waals surface area contributed by atoms with Crippen molar-refractivity contribution in [2.75, 3.05) is 13.1 Å². The molecule has 0 spiro atoms. The van der Waals surface area contributed by atoms with E-state index >= 15 is 0 Å². The summed E-state index contributed by atoms with van der Waals surface area (Å²) in [5.74, 6) is 1.69. The van der Waals surface area contributed by atoms with Gasteiger partial charge in [0.1, 0.15) is 5.82 Å². The predicted octanol–water partition coefficient (Wildman–Crippen LogP) is 4.21. The molecule has 1 unspecified atom stereocenters. The van der Waals surface area contributed by atoms with Crippen molar-refractivity contribution in [3.63, 3.8) is 0 Å². The molecule has 4 heteroatoms. The molecule has 1 amide bonds. The largest absolute Gasteiger partial charge is 0.340 e. The fourth-order valence-corrected chi connectivity index (χ4v) is 4.50. The summed E-state index contributed by atoms with van der Waals surface area (Å²) in [7, 11) is 0. The van der Waals surface area contributed by atoms with Gasteiger partial charge < -0.3 is 9.47 Å². The SMILES string of the molecule is Cc1cnc(-c2ccccc2)n1C1CCCN(C(=O)C2CCCC2)C1. The highest BCUT2D eigenvalue weighted by molar-refractivity contribution is 5.79. The molecule has 1 atom stereocenters. The quantitative estimate of drug-likeness (QED) is 0.841. The summed E-state index contributed by atoms with van der Waals surface area (Å²) in [6, 6.07) is 10.7. The minimum Gasteiger partial charge on any atom is -0.340 e. The highest BCUT2D eigenvalue weighted by Gasteiger charge is 2.32. The maximum absolute atomic E-state index is 12.9. The standard InChI is InChI=1S/C21H27N3O/c1-16-14-22-20(17-8-3-2-4-9-17)24(16)19-12-7-13-23(15-19)21(25)18-10-5-6-11-18/h2-4,8-9,14,18-19H,5-7,10-13,15H2,1H3. The van der Waals surface area contributed by atoms with Crippen LogP contribution in [0.5, 0.6) is 0 Å². The molecule has 1 aromatic heterocycles. The van der Waals surface area contributed by atoms with E-state index in [4.69, 9.17) is 0 Å². The lowest BCUT2D eigenvalue weighted by molar-refractivity contribution is -0.137. The van der Waals surface area contributed by atoms with Gasteiger partial charge in [-0.1, -0.05) is 43.2 Å². The second kappa shape index (κ2) is 7.03. The average Bonchev–Trinajstić information content (AvgIpc) is 3.32. The third-order valence-electron chi connectivity index (χ3n) is 5.79. The number of piperidine rings is 1. The molecule has 4 rings (SSSR count). The number of hydrogen-bond acceptors (Lipinski definition) is 2. The number of benzene rings is 1. The van der Waals surface area contributed by atoms with Gasteiger partial charge in [0, 0.05) is 36.5 Å². The summed E-state index contributed by atoms with van der Waals surface area (Å²) in [5, 5.41) is 0. The number of carbonyl (C=O) groups is 1. The van der Waals surface area contributed by atoms with E-state index < -0.39 is 0 Å². The van der Waals surface area contributed by atoms with Crippen LogP contribution < -0.4 is 0 Å². The van der Waals surface area contributed by atoms with Crippen LogP contribution in [0.4, 0.5) is 0 Å². The van der Waals surface area contributed by atoms with Crippen molar-refractivity contribution in [3.8, 4) is 11.4 Å². The van der Waals surface area contributed by atoms with E-state index in [1.165, 1.54) is 18.5 Å². The third kappa shape index (κ3) is 3.22. The molecular weight excluding hydrogens is 310 g/mol. The van der Waals surface area contributed by atoms with Crippen molar-refractivity contribution in [2.45, 2.75) is 51.5 Å². The van der Waals surface area contributed by atoms with Crippen LogP contribution in [0.1, 0.15) is 50.3 Å². The Morgan fingerprint density at radius 2 is 1.84 bits per heavy atom. The number of likely N-dealkylation sites (tertiary alicyclic amines) is 1. The van der Waals surface area contributed by atoms with Crippen LogP contribution >= 0.6 is 0 Å². The van der Waals surface area contributed by atoms with E-state index in [2.05, 4.69) is 45.6 Å². The molecule has 1 saturated carbocycles. The van der Waals surface area contributed by atoms with Gasteiger partial charge in [-0.05, 0) is 32.6 Å². The van der Waals surface area contributed by atoms with Gasteiger partial charge in [0.25, 0.3) is 0 Å². The Bertz CT molecular complexity index is 731. The van der Waals surface area contributed by atoms with Gasteiger partial charge in [-0.3, -0.25) is 4.79 Å². The Labute approximate surface area is 149 Å². The Morgan fingerprint density at radius 1 is 1.08 bits per heavy atom. The van der Waals surface area contributed by atoms with Crippen LogP contribution in [0.2, 0.25) is 0 Å². The third-order valence-corrected chi connectivity index (χ3v) is 5.79. The van der Waals surface area contributed by atoms with Crippen molar-refractivity contribution in [2.24, 2.45) is 5.92 Å². The molecule has 2 heterocycles. The first-order valence-electron chi connectivity index (χ1n) is 9.62. The molecule has 1 aliphatic heterocycles. The monoisotopic (exact) mass is 337 g/mol. The molecule has 2 fully saturated rings. The molecule has 1 saturated heterocycles. The van der Waals surface area contributed by atoms with E-state index in [-0.39, 0.29) is 5.92 Å². The number of hydrogen-bond donors (Lipinski definition) is 0. The van der Waals surface area contributed by atoms with E-state index in [0.29, 0.717) is 11.9 Å². The minimum atomic E-state index is 0.274. The molecule has 2 aliphatic rings. The number of aryl methyl sites for hydroxylation is 1. The highest BCUT2D eigenvalue weighted by Crippen LogP contribution is 2.32. The van der Waals surface area contributed by atoms with E-state index in [0.717, 1.165) is 50.2 Å². The van der Waals surface area contributed by atoms with Crippen LogP contribution in [0.15, 0.2) is 36.5 Å². The Hall–Kier alpha value is -2.10. The fourth-order valence-electron chi connectivity index (χ4n) is 4.50. The average molecular weight is 337 g/mol. The molecule has 4 nitrogen and oxygen atoms in total. The Morgan fingerprint density at radius 3 is 2.60 bits per heavy atom. The van der Waals surface area contributed by atoms with Crippen LogP contribution in [0.25, 0.3) is 11.4 Å². The van der Waals surface area contributed by atoms with Gasteiger partial charge in [0.15, 0.2) is 0 Å². The maximum atomic E-state index is 12.9. The zero-order valence-electron chi connectivity index (χ0n) is 15.0. The number of aromatic nitrogens is 2. The smallest absolute Gasteiger partial charge is 0.225 e. The molecule has 0 bridgehead atoms. The predicted molar refractivity (Wildman–Crippen MR) is 99.2 cm³/mol. The second-order valence-electron chi connectivity index (χ2n) is 7.52. The number of imidazole rings is 1. The molecule has 0 N–H and O–H groups in total. The molecule has 0 radical (unpaired) electrons. The van der Waals surface area contributed by atoms with Crippen molar-refractivity contribution in [1.29, 1.82) is 0 Å². The number of carbonyl (C=O) groups excluding carboxylic acids is 1. The number of amides is 1. The lowest BCUT2D eigenvalue weighted by Crippen LogP contribution is -2.43. The summed E-state index contributed by atoms with van der Waals surface area (Å²) in [5.41, 5.74) is 2.33. The zero-order chi connectivity index (χ0) is 17.2. The van der Waals surface area contributed by atoms with Crippen LogP contribution in [-0.2, 0) is 4.79 Å². The highest BCUT2D eigenvalue weighted by atomic mass is 16.2. The van der Waals surface area contributed by atoms with Gasteiger partial charge in [-0.25, -0.2) is 4.98 Å². The minimum absolute atomic E-state index is 0.274. The Kier molecular flexibility index (Phi) is 4.60. The van der Waals surface area contributed by atoms with Crippen molar-refractivity contribution in [1.82, 2.24) is 14.5 Å². The van der Waals surface area contributed by atoms with Gasteiger partial charge >= 0.3 is 0 Å². The summed E-state index contributed by atoms with van der Waals surface area (Å²) in [6.45, 7) is 3.86. The number of nitrogens with zero attached hydrogens (tertiary/aromatic N) is 3. The lowest BCUT2D eigenvalue weighted by Gasteiger charge is -2.36. The molecule has 2 aromatic rings. The second-order valence-corrected chi connectivity index (χ2v) is 7.52. The zero-order valence-corrected chi connectivity index (χ0v) is 15.0. The first kappa shape index (κ1) is 16.4. The summed E-state index contributed by atoms with van der Waals surface area (Å²) >= 11 is 0. The molecule has 1 aromatic carbocycles. The van der Waals surface area contributed by atoms with E-state index in [9.17, 15) is 4.79 Å². The molecule has 1 aliphatic carbocycles. The van der Waals surface area contributed by atoms with Crippen molar-refractivity contribution in [3.05, 3.63) is 42.2 Å². The van der Waals surface area contributed by atoms with Gasteiger partial charge in [-0.2, -0.15) is 0 Å². The molecular formula is C21H27N3O. The topological polar surface area (TPSA) is 38.1 Å². The van der Waals surface area contributed by atoms with E-state index in [1.54, 1.807) is 0 Å². The van der Waals surface area contributed by atoms with Gasteiger partial charge in [0.2, 0.25) is 5.91 Å². The van der Waals surface area contributed by atoms with Gasteiger partial charge in [0.05, 0.1) is 6.04 Å². The summed E-state index contributed by atoms with van der Waals surface area (Å²) in [4.78, 5) is 19.6. The van der Waals surface area contributed by atoms with Crippen molar-refractivity contribution < 1.29 is 4.79 Å². The van der Waals surface area contributed by atoms with Crippen molar-refractivity contribution >= 4 is 5.91 Å². The van der Waals surface area contributed by atoms with Gasteiger partial charge in [-0.15, -0.1) is 0 Å². The molecule has 25 heavy (non-hydrogen) atoms. The Balaban J connectivity index is 1.57. The van der Waals surface area contributed by atoms with E-state index in [1.807, 2.05) is 12.3 Å².